The summed E-state index contributed by atoms with van der Waals surface area (Å²) >= 11 is -5.50. The fourth-order valence-corrected chi connectivity index (χ4v) is 6.53. The molecule has 6 rings (SSSR count). The van der Waals surface area contributed by atoms with Crippen LogP contribution in [0.4, 0.5) is 20.4 Å². The van der Waals surface area contributed by atoms with Crippen LogP contribution in [-0.2, 0) is 30.2 Å². The van der Waals surface area contributed by atoms with Crippen LogP contribution < -0.4 is 51.7 Å². The topological polar surface area (TPSA) is 289 Å². The number of guanidine groups is 2. The molecule has 0 aliphatic rings. The van der Waals surface area contributed by atoms with Gasteiger partial charge in [-0.2, -0.15) is 10.2 Å². The fraction of sp³-hybridized carbons (Fsp3) is 0.227. The molecular formula is C44H53Cl3F2FeIN10O9S2. The van der Waals surface area contributed by atoms with Crippen LogP contribution >= 0.6 is 42.1 Å². The van der Waals surface area contributed by atoms with E-state index in [0.29, 0.717) is 58.3 Å². The zero-order valence-electron chi connectivity index (χ0n) is 38.9. The number of nitrogens with one attached hydrogen (secondary N) is 6. The van der Waals surface area contributed by atoms with E-state index in [2.05, 4.69) is 59.9 Å². The zero-order chi connectivity index (χ0) is 53.4. The number of halogens is 6. The molecule has 0 saturated heterocycles. The van der Waals surface area contributed by atoms with E-state index >= 15 is 0 Å². The maximum atomic E-state index is 13.1. The number of carbonyl (C=O) groups is 2. The van der Waals surface area contributed by atoms with Crippen molar-refractivity contribution in [1.82, 2.24) is 31.0 Å². The molecule has 395 valence electrons. The molecule has 1 atom stereocenters. The summed E-state index contributed by atoms with van der Waals surface area (Å²) in [6.07, 6.45) is 3.52. The predicted molar refractivity (Wildman–Crippen MR) is 268 cm³/mol. The molecule has 72 heavy (non-hydrogen) atoms. The van der Waals surface area contributed by atoms with E-state index in [0.717, 1.165) is 21.7 Å². The minimum atomic E-state index is -5.74. The van der Waals surface area contributed by atoms with Crippen molar-refractivity contribution in [3.8, 4) is 22.5 Å². The average molecular weight is 1260 g/mol. The summed E-state index contributed by atoms with van der Waals surface area (Å²) in [6.45, 7) is 9.17. The van der Waals surface area contributed by atoms with Gasteiger partial charge in [0, 0.05) is 71.1 Å². The molecule has 6 aromatic rings. The van der Waals surface area contributed by atoms with Crippen molar-refractivity contribution in [2.24, 2.45) is 21.8 Å². The number of rotatable bonds is 14. The molecular weight excluding hydrogens is 1200 g/mol. The summed E-state index contributed by atoms with van der Waals surface area (Å²) in [5.74, 6) is 0.879. The number of thioether (sulfide) groups is 1. The van der Waals surface area contributed by atoms with Gasteiger partial charge in [-0.25, -0.2) is 14.0 Å². The van der Waals surface area contributed by atoms with E-state index in [1.54, 1.807) is 84.7 Å². The number of H-pyrrole nitrogens is 2. The van der Waals surface area contributed by atoms with Crippen molar-refractivity contribution < 1.29 is 80.5 Å². The van der Waals surface area contributed by atoms with Crippen LogP contribution in [0.25, 0.3) is 22.5 Å². The first-order chi connectivity index (χ1) is 34.0. The molecule has 0 fully saturated rings. The minimum Gasteiger partial charge on any atom is -0.253 e. The second-order valence-electron chi connectivity index (χ2n) is 15.1. The van der Waals surface area contributed by atoms with Gasteiger partial charge < -0.3 is 10.6 Å². The van der Waals surface area contributed by atoms with E-state index in [4.69, 9.17) is 35.6 Å². The second-order valence-corrected chi connectivity index (χ2v) is 25.3. The monoisotopic (exact) mass is 1260 g/mol. The number of nitrogens with zero attached hydrogens (tertiary/aromatic N) is 4. The molecule has 7 N–H and O–H groups in total. The Kier molecular flexibility index (Phi) is 27.3. The Bertz CT molecular complexity index is 2730. The molecule has 28 heteroatoms. The maximum absolute atomic E-state index is 13.1. The van der Waals surface area contributed by atoms with Crippen molar-refractivity contribution in [2.75, 3.05) is 36.2 Å². The van der Waals surface area contributed by atoms with Gasteiger partial charge in [0.2, 0.25) is 15.1 Å². The SMILES string of the molecule is CC(C)CN=C(NC(=O)c1cccc(S(C)=O)c1)Nc1cc(-c2ccc(F)cc2)[nH]n1.CSc1cccc(C(=O)NC(=NCC(C)C)Nc2cc(-c3ccc(F)cc3)[nH]n2)c1.[Cl][Fe]([Cl])[Cl].[HH].[HH].[O-][I+3]([O-])([O-])OOO. The van der Waals surface area contributed by atoms with Crippen molar-refractivity contribution in [2.45, 2.75) is 37.5 Å². The Morgan fingerprint density at radius 3 is 1.54 bits per heavy atom. The number of aliphatic imine (C=N–C) groups is 2. The molecule has 1 unspecified atom stereocenters. The van der Waals surface area contributed by atoms with Crippen LogP contribution in [0.15, 0.2) is 129 Å². The molecule has 2 heterocycles. The van der Waals surface area contributed by atoms with Gasteiger partial charge >= 0.3 is 61.6 Å². The minimum absolute atomic E-state index is 0. The smallest absolute Gasteiger partial charge is 0.253 e. The molecule has 0 spiro atoms. The summed E-state index contributed by atoms with van der Waals surface area (Å²) in [4.78, 5) is 35.9. The Labute approximate surface area is 446 Å². The van der Waals surface area contributed by atoms with Gasteiger partial charge in [-0.05, 0) is 114 Å². The number of benzene rings is 4. The van der Waals surface area contributed by atoms with Crippen LogP contribution in [-0.4, -0.2) is 79.2 Å². The summed E-state index contributed by atoms with van der Waals surface area (Å²) in [7, 11) is 13.5. The number of hydrogen-bond donors (Lipinski definition) is 7. The molecule has 19 nitrogen and oxygen atoms in total. The summed E-state index contributed by atoms with van der Waals surface area (Å²) < 4.78 is 68.6. The third kappa shape index (κ3) is 24.4. The first-order valence-corrected chi connectivity index (χ1v) is 31.4. The van der Waals surface area contributed by atoms with E-state index in [1.165, 1.54) is 24.3 Å². The Hall–Kier alpha value is -4.58. The second kappa shape index (κ2) is 31.9. The summed E-state index contributed by atoms with van der Waals surface area (Å²) in [5, 5.41) is 35.5. The average Bonchev–Trinajstić information content (AvgIpc) is 4.00. The van der Waals surface area contributed by atoms with Gasteiger partial charge in [0.05, 0.1) is 11.4 Å². The van der Waals surface area contributed by atoms with Crippen LogP contribution in [0.1, 0.15) is 51.3 Å². The van der Waals surface area contributed by atoms with Gasteiger partial charge in [-0.15, -0.1) is 11.8 Å². The number of carbonyl (C=O) groups excluding carboxylic acids is 2. The maximum Gasteiger partial charge on any atom is 0.426 e. The first kappa shape index (κ1) is 61.7. The van der Waals surface area contributed by atoms with E-state index < -0.39 is 42.1 Å². The third-order valence-corrected chi connectivity index (χ3v) is 10.8. The van der Waals surface area contributed by atoms with Crippen LogP contribution in [0, 0.1) is 23.5 Å². The number of hydrogen-bond acceptors (Lipinski definition) is 14. The number of aromatic amines is 2. The van der Waals surface area contributed by atoms with E-state index in [1.807, 2.05) is 52.1 Å². The molecule has 2 amide bonds. The molecule has 0 bridgehead atoms. The molecule has 2 aromatic heterocycles. The predicted octanol–water partition coefficient (Wildman–Crippen LogP) is 4.47. The Balaban J connectivity index is 0.000000602. The van der Waals surface area contributed by atoms with Crippen molar-refractivity contribution in [3.63, 3.8) is 0 Å². The van der Waals surface area contributed by atoms with Gasteiger partial charge in [-0.3, -0.25) is 54.9 Å². The Morgan fingerprint density at radius 1 is 0.764 bits per heavy atom. The third-order valence-electron chi connectivity index (χ3n) is 8.52. The van der Waals surface area contributed by atoms with E-state index in [-0.39, 0.29) is 38.2 Å². The number of amides is 2. The molecule has 0 radical (unpaired) electrons. The quantitative estimate of drug-likeness (QED) is 0.0151. The van der Waals surface area contributed by atoms with Crippen LogP contribution in [0.5, 0.6) is 0 Å². The molecule has 0 aliphatic carbocycles. The number of anilines is 2. The van der Waals surface area contributed by atoms with Crippen molar-refractivity contribution in [1.29, 1.82) is 0 Å². The fourth-order valence-electron chi connectivity index (χ4n) is 5.31. The zero-order valence-corrected chi connectivity index (χ0v) is 46.1. The largest absolute Gasteiger partial charge is 0.426 e. The number of aromatic nitrogens is 4. The molecule has 0 saturated carbocycles. The van der Waals surface area contributed by atoms with Gasteiger partial charge in [0.15, 0.2) is 11.6 Å². The van der Waals surface area contributed by atoms with E-state index in [9.17, 15) is 32.9 Å². The normalized spacial score (nSPS) is 12.0. The standard InChI is InChI=1S/C22H24FN5O2S.C22H24FN5OS.3ClH.Fe.HIO6.2H2/c1-14(2)13-24-22(26-21(29)16-5-4-6-18(11-16)31(3)30)25-20-12-19(27-28-20)15-7-9-17(23)10-8-15;1-14(2)13-24-22(26-21(29)16-5-4-6-18(11-16)30-3)25-20-12-19(27-28-20)15-7-9-17(23)10-8-15;;;;;2-1(3,4)6-7-5;;/h4-12,14H,13H2,1-3H3,(H3,24,25,26,27,28,29);4-12,14H,13H2,1-3H3,(H3,24,25,26,27,28,29);3*1H;;5H;2*1H/q;;;;;+3;;;/p-3. The van der Waals surface area contributed by atoms with Crippen LogP contribution in [0.2, 0.25) is 0 Å². The van der Waals surface area contributed by atoms with Crippen molar-refractivity contribution in [3.05, 3.63) is 132 Å². The van der Waals surface area contributed by atoms with Crippen LogP contribution in [0.3, 0.4) is 0 Å². The summed E-state index contributed by atoms with van der Waals surface area (Å²) in [6, 6.07) is 29.7. The van der Waals surface area contributed by atoms with Crippen molar-refractivity contribution >= 4 is 88.2 Å². The molecule has 0 aliphatic heterocycles. The Morgan fingerprint density at radius 2 is 1.18 bits per heavy atom. The van der Waals surface area contributed by atoms with Gasteiger partial charge in [0.25, 0.3) is 11.8 Å². The van der Waals surface area contributed by atoms with Gasteiger partial charge in [0.1, 0.15) is 11.6 Å². The summed E-state index contributed by atoms with van der Waals surface area (Å²) in [5.41, 5.74) is 3.91. The first-order valence-electron chi connectivity index (χ1n) is 20.6. The van der Waals surface area contributed by atoms with Gasteiger partial charge in [-0.1, -0.05) is 39.8 Å². The molecule has 4 aromatic carbocycles.